The summed E-state index contributed by atoms with van der Waals surface area (Å²) in [5, 5.41) is 0. The Morgan fingerprint density at radius 3 is 1.82 bits per heavy atom. The molecule has 0 spiro atoms. The van der Waals surface area contributed by atoms with Gasteiger partial charge < -0.3 is 13.9 Å². The zero-order valence-corrected chi connectivity index (χ0v) is 16.3. The highest BCUT2D eigenvalue weighted by atomic mass is 29.3. The van der Waals surface area contributed by atoms with E-state index < -0.39 is 33.3 Å². The molecule has 0 aromatic carbocycles. The molecule has 0 aromatic heterocycles. The predicted octanol–water partition coefficient (Wildman–Crippen LogP) is 3.29. The Morgan fingerprint density at radius 1 is 1.00 bits per heavy atom. The molecule has 0 aromatic rings. The molecule has 7 heteroatoms. The molecule has 0 aliphatic carbocycles. The summed E-state index contributed by atoms with van der Waals surface area (Å²) < 4.78 is 17.0. The van der Waals surface area contributed by atoms with E-state index in [4.69, 9.17) is 13.9 Å². The quantitative estimate of drug-likeness (QED) is 0.339. The minimum absolute atomic E-state index is 0.384. The van der Waals surface area contributed by atoms with Crippen molar-refractivity contribution in [1.82, 2.24) is 0 Å². The Kier molecular flexibility index (Phi) is 5.94. The van der Waals surface area contributed by atoms with Gasteiger partial charge in [-0.3, -0.25) is 0 Å². The molecule has 0 saturated carbocycles. The SMILES string of the molecule is CC=CC(=O)OC1(OC(=O)C=CC)CC[Si](C)(C)[Si](C)(C)O1. The summed E-state index contributed by atoms with van der Waals surface area (Å²) in [4.78, 5) is 23.7. The van der Waals surface area contributed by atoms with Crippen LogP contribution in [0.1, 0.15) is 20.3 Å². The minimum Gasteiger partial charge on any atom is -0.395 e. The summed E-state index contributed by atoms with van der Waals surface area (Å²) in [5.74, 6) is -2.73. The first-order valence-corrected chi connectivity index (χ1v) is 14.6. The molecule has 0 N–H and O–H groups in total. The number of hydrogen-bond donors (Lipinski definition) is 0. The van der Waals surface area contributed by atoms with Crippen molar-refractivity contribution < 1.29 is 23.5 Å². The topological polar surface area (TPSA) is 61.8 Å². The standard InChI is InChI=1S/C15H26O5Si2/c1-7-9-13(16)18-15(19-14(17)10-8-2)11-12-21(3,4)22(5,6)20-15/h7-10H,11-12H2,1-6H3. The molecule has 1 aliphatic heterocycles. The number of esters is 2. The van der Waals surface area contributed by atoms with Crippen molar-refractivity contribution in [2.75, 3.05) is 0 Å². The van der Waals surface area contributed by atoms with Gasteiger partial charge in [0.05, 0.1) is 14.0 Å². The average molecular weight is 343 g/mol. The van der Waals surface area contributed by atoms with E-state index in [0.717, 1.165) is 6.04 Å². The second-order valence-corrected chi connectivity index (χ2v) is 21.7. The number of carbonyl (C=O) groups is 2. The summed E-state index contributed by atoms with van der Waals surface area (Å²) in [7, 11) is -3.64. The molecule has 124 valence electrons. The van der Waals surface area contributed by atoms with Crippen LogP contribution in [-0.4, -0.2) is 33.3 Å². The van der Waals surface area contributed by atoms with Crippen molar-refractivity contribution in [2.45, 2.75) is 58.5 Å². The Hall–Kier alpha value is -1.19. The van der Waals surface area contributed by atoms with Gasteiger partial charge in [0.25, 0.3) is 0 Å². The van der Waals surface area contributed by atoms with Gasteiger partial charge >= 0.3 is 17.9 Å². The van der Waals surface area contributed by atoms with Gasteiger partial charge in [0.2, 0.25) is 0 Å². The summed E-state index contributed by atoms with van der Waals surface area (Å²) in [6, 6.07) is 0.887. The maximum Gasteiger partial charge on any atom is 0.366 e. The van der Waals surface area contributed by atoms with E-state index in [1.165, 1.54) is 12.2 Å². The predicted molar refractivity (Wildman–Crippen MR) is 90.0 cm³/mol. The average Bonchev–Trinajstić information content (AvgIpc) is 2.34. The molecule has 1 rings (SSSR count). The highest BCUT2D eigenvalue weighted by Gasteiger charge is 2.57. The zero-order chi connectivity index (χ0) is 17.0. The number of ether oxygens (including phenoxy) is 2. The zero-order valence-electron chi connectivity index (χ0n) is 14.3. The van der Waals surface area contributed by atoms with Gasteiger partial charge in [-0.1, -0.05) is 25.2 Å². The third-order valence-electron chi connectivity index (χ3n) is 4.21. The Balaban J connectivity index is 3.07. The third kappa shape index (κ3) is 4.41. The van der Waals surface area contributed by atoms with E-state index >= 15 is 0 Å². The van der Waals surface area contributed by atoms with Gasteiger partial charge in [0.1, 0.15) is 0 Å². The van der Waals surface area contributed by atoms with Crippen LogP contribution in [0.2, 0.25) is 32.2 Å². The highest BCUT2D eigenvalue weighted by Crippen LogP contribution is 2.40. The molecular formula is C15H26O5Si2. The van der Waals surface area contributed by atoms with Crippen molar-refractivity contribution in [3.63, 3.8) is 0 Å². The summed E-state index contributed by atoms with van der Waals surface area (Å²) >= 11 is 0. The maximum absolute atomic E-state index is 11.9. The second kappa shape index (κ2) is 6.93. The van der Waals surface area contributed by atoms with Gasteiger partial charge in [-0.2, -0.15) is 0 Å². The van der Waals surface area contributed by atoms with E-state index in [1.807, 2.05) is 0 Å². The first-order chi connectivity index (χ1) is 10.1. The monoisotopic (exact) mass is 342 g/mol. The lowest BCUT2D eigenvalue weighted by Crippen LogP contribution is -2.67. The molecule has 0 bridgehead atoms. The van der Waals surface area contributed by atoms with Crippen LogP contribution >= 0.6 is 0 Å². The van der Waals surface area contributed by atoms with Crippen molar-refractivity contribution in [2.24, 2.45) is 0 Å². The molecule has 1 heterocycles. The lowest BCUT2D eigenvalue weighted by atomic mass is 10.4. The number of allylic oxidation sites excluding steroid dienone is 2. The fraction of sp³-hybridized carbons (Fsp3) is 0.600. The second-order valence-electron chi connectivity index (χ2n) is 6.52. The molecule has 0 radical (unpaired) electrons. The fourth-order valence-corrected chi connectivity index (χ4v) is 8.40. The van der Waals surface area contributed by atoms with Crippen LogP contribution in [0.15, 0.2) is 24.3 Å². The largest absolute Gasteiger partial charge is 0.395 e. The minimum atomic E-state index is -2.10. The summed E-state index contributed by atoms with van der Waals surface area (Å²) in [6.07, 6.45) is 6.12. The van der Waals surface area contributed by atoms with Crippen LogP contribution in [0.25, 0.3) is 0 Å². The van der Waals surface area contributed by atoms with Crippen molar-refractivity contribution >= 4 is 27.4 Å². The van der Waals surface area contributed by atoms with E-state index in [0.29, 0.717) is 6.42 Å². The van der Waals surface area contributed by atoms with Crippen molar-refractivity contribution in [3.05, 3.63) is 24.3 Å². The fourth-order valence-electron chi connectivity index (χ4n) is 2.16. The normalized spacial score (nSPS) is 27.0. The number of hydrogen-bond acceptors (Lipinski definition) is 5. The van der Waals surface area contributed by atoms with Crippen LogP contribution in [0.4, 0.5) is 0 Å². The van der Waals surface area contributed by atoms with Crippen LogP contribution in [0.3, 0.4) is 0 Å². The lowest BCUT2D eigenvalue weighted by Gasteiger charge is -2.49. The van der Waals surface area contributed by atoms with E-state index in [9.17, 15) is 9.59 Å². The molecule has 1 saturated heterocycles. The molecule has 0 atom stereocenters. The van der Waals surface area contributed by atoms with Crippen LogP contribution < -0.4 is 0 Å². The Labute approximate surface area is 134 Å². The summed E-state index contributed by atoms with van der Waals surface area (Å²) in [5.41, 5.74) is 0. The molecule has 1 fully saturated rings. The smallest absolute Gasteiger partial charge is 0.366 e. The molecule has 0 amide bonds. The van der Waals surface area contributed by atoms with Gasteiger partial charge in [-0.15, -0.1) is 0 Å². The van der Waals surface area contributed by atoms with E-state index in [2.05, 4.69) is 26.2 Å². The number of carbonyl (C=O) groups excluding carboxylic acids is 2. The maximum atomic E-state index is 11.9. The molecule has 22 heavy (non-hydrogen) atoms. The van der Waals surface area contributed by atoms with E-state index in [-0.39, 0.29) is 0 Å². The Morgan fingerprint density at radius 2 is 1.45 bits per heavy atom. The van der Waals surface area contributed by atoms with E-state index in [1.54, 1.807) is 26.0 Å². The molecule has 0 unspecified atom stereocenters. The first kappa shape index (κ1) is 18.9. The van der Waals surface area contributed by atoms with Crippen molar-refractivity contribution in [1.29, 1.82) is 0 Å². The summed E-state index contributed by atoms with van der Waals surface area (Å²) in [6.45, 7) is 12.2. The highest BCUT2D eigenvalue weighted by molar-refractivity contribution is 7.38. The van der Waals surface area contributed by atoms with Gasteiger partial charge in [0.15, 0.2) is 7.83 Å². The molecule has 5 nitrogen and oxygen atoms in total. The molecule has 1 aliphatic rings. The van der Waals surface area contributed by atoms with Crippen LogP contribution in [0, 0.1) is 0 Å². The van der Waals surface area contributed by atoms with Gasteiger partial charge in [-0.05, 0) is 33.0 Å². The van der Waals surface area contributed by atoms with Gasteiger partial charge in [-0.25, -0.2) is 9.59 Å². The lowest BCUT2D eigenvalue weighted by molar-refractivity contribution is -0.312. The number of rotatable bonds is 4. The van der Waals surface area contributed by atoms with Gasteiger partial charge in [0, 0.05) is 12.2 Å². The van der Waals surface area contributed by atoms with Crippen LogP contribution in [0.5, 0.6) is 0 Å². The van der Waals surface area contributed by atoms with Crippen LogP contribution in [-0.2, 0) is 23.5 Å². The van der Waals surface area contributed by atoms with Crippen molar-refractivity contribution in [3.8, 4) is 0 Å². The Bertz CT molecular complexity index is 468. The molecular weight excluding hydrogens is 316 g/mol. The third-order valence-corrected chi connectivity index (χ3v) is 20.6. The first-order valence-electron chi connectivity index (χ1n) is 7.49.